The maximum Gasteiger partial charge on any atom is 0.412 e. The molecule has 59 heavy (non-hydrogen) atoms. The number of nitrogens with one attached hydrogen (secondary N) is 2. The summed E-state index contributed by atoms with van der Waals surface area (Å²) < 4.78 is 13.2. The minimum absolute atomic E-state index is 0.0116. The lowest BCUT2D eigenvalue weighted by Gasteiger charge is -2.48. The van der Waals surface area contributed by atoms with Crippen molar-refractivity contribution >= 4 is 31.0 Å². The Balaban J connectivity index is 0.972. The first-order valence-electron chi connectivity index (χ1n) is 21.2. The van der Waals surface area contributed by atoms with Crippen molar-refractivity contribution in [2.75, 3.05) is 37.7 Å². The van der Waals surface area contributed by atoms with Gasteiger partial charge in [0, 0.05) is 36.7 Å². The number of aryl methyl sites for hydroxylation is 1. The van der Waals surface area contributed by atoms with Crippen LogP contribution in [0.4, 0.5) is 10.5 Å². The van der Waals surface area contributed by atoms with E-state index in [1.807, 2.05) is 36.4 Å². The average Bonchev–Trinajstić information content (AvgIpc) is 3.21. The topological polar surface area (TPSA) is 127 Å². The molecule has 3 fully saturated rings. The van der Waals surface area contributed by atoms with Crippen LogP contribution in [0.2, 0.25) is 18.1 Å². The third-order valence-electron chi connectivity index (χ3n) is 12.7. The molecule has 0 saturated carbocycles. The number of hydrogen-bond acceptors (Lipinski definition) is 7. The van der Waals surface area contributed by atoms with Gasteiger partial charge in [0.2, 0.25) is 5.56 Å². The number of fused-ring (bicyclic) bond motifs is 4. The number of carboxylic acid groups (broad SMARTS) is 1. The monoisotopic (exact) mass is 816 g/mol. The Kier molecular flexibility index (Phi) is 13.0. The molecule has 4 heterocycles. The van der Waals surface area contributed by atoms with Crippen molar-refractivity contribution in [1.82, 2.24) is 15.2 Å². The number of benzene rings is 4. The number of piperidine rings is 3. The number of phenols is 1. The number of nitrogens with zero attached hydrogens (tertiary/aromatic N) is 2. The van der Waals surface area contributed by atoms with Crippen molar-refractivity contribution < 1.29 is 24.2 Å². The van der Waals surface area contributed by atoms with Crippen molar-refractivity contribution in [3.8, 4) is 22.6 Å². The van der Waals surface area contributed by atoms with Crippen LogP contribution in [0, 0.1) is 5.92 Å². The number of aromatic hydroxyl groups is 1. The molecule has 3 aliphatic rings. The summed E-state index contributed by atoms with van der Waals surface area (Å²) in [5.74, 6) is 1.23. The summed E-state index contributed by atoms with van der Waals surface area (Å²) in [5, 5.41) is 25.6. The molecule has 312 valence electrons. The summed E-state index contributed by atoms with van der Waals surface area (Å²) in [6.45, 7) is 15.7. The molecule has 5 aromatic rings. The lowest BCUT2D eigenvalue weighted by Crippen LogP contribution is -2.59. The second-order valence-electron chi connectivity index (χ2n) is 17.8. The summed E-state index contributed by atoms with van der Waals surface area (Å²) in [7, 11) is -2.21. The Morgan fingerprint density at radius 1 is 0.949 bits per heavy atom. The van der Waals surface area contributed by atoms with Crippen LogP contribution in [0.15, 0.2) is 102 Å². The van der Waals surface area contributed by atoms with Crippen molar-refractivity contribution in [3.05, 3.63) is 124 Å². The van der Waals surface area contributed by atoms with Gasteiger partial charge in [0.05, 0.1) is 30.0 Å². The Labute approximate surface area is 349 Å². The molecular weight excluding hydrogens is 757 g/mol. The zero-order chi connectivity index (χ0) is 41.7. The number of amides is 1. The van der Waals surface area contributed by atoms with E-state index in [-0.39, 0.29) is 28.5 Å². The van der Waals surface area contributed by atoms with E-state index in [2.05, 4.69) is 91.5 Å². The molecule has 3 saturated heterocycles. The van der Waals surface area contributed by atoms with Crippen molar-refractivity contribution in [3.63, 3.8) is 0 Å². The predicted octanol–water partition coefficient (Wildman–Crippen LogP) is 9.73. The zero-order valence-corrected chi connectivity index (χ0v) is 36.2. The van der Waals surface area contributed by atoms with E-state index in [1.54, 1.807) is 17.0 Å². The van der Waals surface area contributed by atoms with Crippen LogP contribution >= 0.6 is 0 Å². The Morgan fingerprint density at radius 3 is 2.44 bits per heavy atom. The first-order chi connectivity index (χ1) is 28.3. The smallest absolute Gasteiger partial charge is 0.412 e. The van der Waals surface area contributed by atoms with Crippen molar-refractivity contribution in [1.29, 1.82) is 0 Å². The number of phenolic OH excluding ortho intramolecular Hbond substituents is 1. The maximum atomic E-state index is 13.0. The van der Waals surface area contributed by atoms with Gasteiger partial charge >= 0.3 is 6.09 Å². The average molecular weight is 817 g/mol. The molecule has 2 atom stereocenters. The van der Waals surface area contributed by atoms with Gasteiger partial charge in [0.25, 0.3) is 0 Å². The summed E-state index contributed by atoms with van der Waals surface area (Å²) in [6.07, 6.45) is 3.50. The van der Waals surface area contributed by atoms with Gasteiger partial charge in [0.1, 0.15) is 11.5 Å². The minimum atomic E-state index is -2.21. The van der Waals surface area contributed by atoms with Gasteiger partial charge in [0.15, 0.2) is 8.32 Å². The molecule has 0 spiro atoms. The number of aromatic amines is 1. The maximum absolute atomic E-state index is 13.0. The van der Waals surface area contributed by atoms with E-state index in [1.165, 1.54) is 6.07 Å². The van der Waals surface area contributed by atoms with Crippen molar-refractivity contribution in [2.45, 2.75) is 89.7 Å². The molecule has 2 bridgehead atoms. The van der Waals surface area contributed by atoms with Gasteiger partial charge < -0.3 is 34.6 Å². The zero-order valence-electron chi connectivity index (χ0n) is 35.2. The normalized spacial score (nSPS) is 18.5. The van der Waals surface area contributed by atoms with E-state index in [0.717, 1.165) is 96.4 Å². The number of anilines is 1. The van der Waals surface area contributed by atoms with Gasteiger partial charge in [-0.1, -0.05) is 81.4 Å². The SMILES string of the molecule is CC(C)(C)[Si](C)(C)O[C@H](CNCc1cccc(OCCCCc2ccc(-c3ccccc3)c(N(C(=O)O)[C@H]3CN4CCC3CC4)c2)c1)c1ccc(O)c2[nH]c(=O)ccc12. The quantitative estimate of drug-likeness (QED) is 0.0573. The van der Waals surface area contributed by atoms with E-state index >= 15 is 0 Å². The number of ether oxygens (including phenoxy) is 1. The number of rotatable bonds is 16. The molecule has 4 aromatic carbocycles. The highest BCUT2D eigenvalue weighted by Gasteiger charge is 2.41. The summed E-state index contributed by atoms with van der Waals surface area (Å²) >= 11 is 0. The van der Waals surface area contributed by atoms with Crippen LogP contribution in [0.25, 0.3) is 22.0 Å². The highest BCUT2D eigenvalue weighted by molar-refractivity contribution is 6.74. The molecule has 4 N–H and O–H groups in total. The Hall–Kier alpha value is -4.94. The standard InChI is InChI=1S/C48H60N4O6Si/c1-48(2,3)59(4,5)58-44(39-19-21-43(53)46-40(39)20-22-45(54)50-46)31-49-30-34-13-11-16-37(28-34)57-27-10-9-12-33-17-18-38(35-14-7-6-8-15-35)41(29-33)52(47(55)56)42-32-51-25-23-36(42)24-26-51/h6-8,11,13-22,28-29,36,42,44,49,53H,9-10,12,23-27,30-32H2,1-5H3,(H,50,54)(H,55,56)/t42-,44+/m0/s1. The van der Waals surface area contributed by atoms with Crippen LogP contribution in [-0.4, -0.2) is 73.3 Å². The van der Waals surface area contributed by atoms with Gasteiger partial charge in [-0.05, 0) is 122 Å². The first kappa shape index (κ1) is 42.2. The highest BCUT2D eigenvalue weighted by atomic mass is 28.4. The summed E-state index contributed by atoms with van der Waals surface area (Å²) in [6, 6.07) is 31.4. The van der Waals surface area contributed by atoms with Crippen LogP contribution in [0.1, 0.15) is 69.2 Å². The molecule has 0 unspecified atom stereocenters. The lowest BCUT2D eigenvalue weighted by molar-refractivity contribution is 0.0837. The first-order valence-corrected chi connectivity index (χ1v) is 24.1. The molecule has 1 aromatic heterocycles. The molecule has 11 heteroatoms. The largest absolute Gasteiger partial charge is 0.506 e. The van der Waals surface area contributed by atoms with E-state index in [4.69, 9.17) is 9.16 Å². The number of H-pyrrole nitrogens is 1. The Morgan fingerprint density at radius 2 is 1.73 bits per heavy atom. The van der Waals surface area contributed by atoms with Crippen LogP contribution in [0.3, 0.4) is 0 Å². The van der Waals surface area contributed by atoms with Crippen LogP contribution < -0.4 is 20.5 Å². The summed E-state index contributed by atoms with van der Waals surface area (Å²) in [4.78, 5) is 32.0. The molecule has 0 radical (unpaired) electrons. The fourth-order valence-electron chi connectivity index (χ4n) is 8.45. The second-order valence-corrected chi connectivity index (χ2v) is 22.6. The molecule has 1 amide bonds. The molecule has 8 rings (SSSR count). The Bertz CT molecular complexity index is 2280. The van der Waals surface area contributed by atoms with Gasteiger partial charge in [-0.25, -0.2) is 4.79 Å². The number of pyridine rings is 1. The molecular formula is C48H60N4O6Si. The molecule has 10 nitrogen and oxygen atoms in total. The second kappa shape index (κ2) is 18.1. The highest BCUT2D eigenvalue weighted by Crippen LogP contribution is 2.42. The fraction of sp³-hybridized carbons (Fsp3) is 0.417. The molecule has 0 aliphatic carbocycles. The third kappa shape index (κ3) is 9.92. The summed E-state index contributed by atoms with van der Waals surface area (Å²) in [5.41, 5.74) is 6.05. The van der Waals surface area contributed by atoms with Crippen LogP contribution in [0.5, 0.6) is 11.5 Å². The van der Waals surface area contributed by atoms with Gasteiger partial charge in [-0.15, -0.1) is 0 Å². The molecule has 3 aliphatic heterocycles. The minimum Gasteiger partial charge on any atom is -0.506 e. The van der Waals surface area contributed by atoms with Gasteiger partial charge in [-0.2, -0.15) is 0 Å². The fourth-order valence-corrected chi connectivity index (χ4v) is 9.72. The number of carbonyl (C=O) groups is 1. The predicted molar refractivity (Wildman–Crippen MR) is 239 cm³/mol. The van der Waals surface area contributed by atoms with E-state index in [9.17, 15) is 19.8 Å². The third-order valence-corrected chi connectivity index (χ3v) is 17.2. The van der Waals surface area contributed by atoms with E-state index in [0.29, 0.717) is 31.1 Å². The van der Waals surface area contributed by atoms with E-state index < -0.39 is 14.4 Å². The van der Waals surface area contributed by atoms with Crippen LogP contribution in [-0.2, 0) is 17.4 Å². The van der Waals surface area contributed by atoms with Crippen molar-refractivity contribution in [2.24, 2.45) is 5.92 Å². The number of aromatic nitrogens is 1. The number of hydrogen-bond donors (Lipinski definition) is 4. The lowest BCUT2D eigenvalue weighted by atomic mass is 9.82. The number of unbranched alkanes of at least 4 members (excludes halogenated alkanes) is 1. The van der Waals surface area contributed by atoms with Gasteiger partial charge in [-0.3, -0.25) is 9.69 Å².